The molecule has 1 aromatic carbocycles. The van der Waals surface area contributed by atoms with Gasteiger partial charge in [0.1, 0.15) is 5.82 Å². The third kappa shape index (κ3) is 4.00. The summed E-state index contributed by atoms with van der Waals surface area (Å²) in [6.45, 7) is 7.00. The highest BCUT2D eigenvalue weighted by Crippen LogP contribution is 2.26. The molecule has 0 unspecified atom stereocenters. The Hall–Kier alpha value is -2.62. The number of ether oxygens (including phenoxy) is 2. The van der Waals surface area contributed by atoms with E-state index in [2.05, 4.69) is 48.4 Å². The second-order valence-corrected chi connectivity index (χ2v) is 7.21. The van der Waals surface area contributed by atoms with Crippen molar-refractivity contribution >= 4 is 34.8 Å². The summed E-state index contributed by atoms with van der Waals surface area (Å²) in [6.07, 6.45) is 1.87. The summed E-state index contributed by atoms with van der Waals surface area (Å²) in [5.41, 5.74) is 2.23. The summed E-state index contributed by atoms with van der Waals surface area (Å²) in [5, 5.41) is 9.09. The molecule has 3 aromatic rings. The Kier molecular flexibility index (Phi) is 6.21. The number of methoxy groups -OCH3 is 1. The molecule has 2 fully saturated rings. The van der Waals surface area contributed by atoms with Crippen molar-refractivity contribution in [1.29, 1.82) is 0 Å². The van der Waals surface area contributed by atoms with Crippen LogP contribution in [-0.4, -0.2) is 79.3 Å². The molecule has 0 bridgehead atoms. The van der Waals surface area contributed by atoms with Gasteiger partial charge in [-0.1, -0.05) is 0 Å². The summed E-state index contributed by atoms with van der Waals surface area (Å²) in [4.78, 5) is 13.7. The number of anilines is 2. The average Bonchev–Trinajstić information content (AvgIpc) is 3.23. The number of morpholine rings is 1. The Labute approximate surface area is 181 Å². The highest BCUT2D eigenvalue weighted by molar-refractivity contribution is 5.85. The van der Waals surface area contributed by atoms with Crippen LogP contribution in [0.1, 0.15) is 0 Å². The van der Waals surface area contributed by atoms with Crippen molar-refractivity contribution in [2.45, 2.75) is 0 Å². The first kappa shape index (κ1) is 20.6. The van der Waals surface area contributed by atoms with Gasteiger partial charge in [0.25, 0.3) is 0 Å². The lowest BCUT2D eigenvalue weighted by Crippen LogP contribution is -2.43. The predicted molar refractivity (Wildman–Crippen MR) is 119 cm³/mol. The third-order valence-electron chi connectivity index (χ3n) is 5.45. The van der Waals surface area contributed by atoms with E-state index in [0.29, 0.717) is 25.0 Å². The molecule has 10 heteroatoms. The minimum absolute atomic E-state index is 0. The zero-order valence-corrected chi connectivity index (χ0v) is 17.8. The lowest BCUT2D eigenvalue weighted by Gasteiger charge is -2.29. The summed E-state index contributed by atoms with van der Waals surface area (Å²) in [6, 6.07) is 8.79. The highest BCUT2D eigenvalue weighted by atomic mass is 35.5. The second kappa shape index (κ2) is 9.03. The minimum Gasteiger partial charge on any atom is -0.467 e. The fraction of sp³-hybridized carbons (Fsp3) is 0.450. The number of rotatable bonds is 4. The Morgan fingerprint density at radius 3 is 2.50 bits per heavy atom. The van der Waals surface area contributed by atoms with Crippen LogP contribution in [0.3, 0.4) is 0 Å². The molecule has 2 saturated heterocycles. The van der Waals surface area contributed by atoms with Crippen LogP contribution in [0.5, 0.6) is 6.01 Å². The van der Waals surface area contributed by atoms with Gasteiger partial charge in [0.15, 0.2) is 5.82 Å². The van der Waals surface area contributed by atoms with Gasteiger partial charge in [-0.25, -0.2) is 4.68 Å². The lowest BCUT2D eigenvalue weighted by atomic mass is 10.2. The van der Waals surface area contributed by atoms with Gasteiger partial charge in [-0.15, -0.1) is 12.4 Å². The van der Waals surface area contributed by atoms with Gasteiger partial charge in [0, 0.05) is 56.4 Å². The maximum atomic E-state index is 5.47. The molecule has 0 saturated carbocycles. The first-order valence-corrected chi connectivity index (χ1v) is 10.0. The standard InChI is InChI=1S/C20H25N7O2.ClH/c1-28-20-23-18(26-8-10-29-11-9-26)13-19(24-20)27-17-12-16(3-2-15(17)14-22-27)25-6-4-21-5-7-25;/h2-3,12-14,21H,4-11H2,1H3;1H. The number of benzene rings is 1. The molecular formula is C20H26ClN7O2. The number of hydrogen-bond donors (Lipinski definition) is 1. The van der Waals surface area contributed by atoms with Crippen LogP contribution in [0.4, 0.5) is 11.5 Å². The third-order valence-corrected chi connectivity index (χ3v) is 5.45. The van der Waals surface area contributed by atoms with Crippen molar-refractivity contribution in [2.75, 3.05) is 69.4 Å². The van der Waals surface area contributed by atoms with Gasteiger partial charge in [-0.3, -0.25) is 0 Å². The summed E-state index contributed by atoms with van der Waals surface area (Å²) < 4.78 is 12.7. The molecule has 0 aliphatic carbocycles. The van der Waals surface area contributed by atoms with Gasteiger partial charge in [0.2, 0.25) is 0 Å². The quantitative estimate of drug-likeness (QED) is 0.665. The molecule has 2 aliphatic heterocycles. The SMILES string of the molecule is COc1nc(N2CCOCC2)cc(-n2ncc3ccc(N4CCNCC4)cc32)n1.Cl. The van der Waals surface area contributed by atoms with E-state index in [0.717, 1.165) is 56.0 Å². The van der Waals surface area contributed by atoms with Crippen LogP contribution in [0.2, 0.25) is 0 Å². The summed E-state index contributed by atoms with van der Waals surface area (Å²) in [7, 11) is 1.59. The predicted octanol–water partition coefficient (Wildman–Crippen LogP) is 1.49. The number of aromatic nitrogens is 4. The van der Waals surface area contributed by atoms with Crippen molar-refractivity contribution < 1.29 is 9.47 Å². The molecule has 1 N–H and O–H groups in total. The number of nitrogens with one attached hydrogen (secondary N) is 1. The van der Waals surface area contributed by atoms with E-state index in [-0.39, 0.29) is 12.4 Å². The smallest absolute Gasteiger partial charge is 0.320 e. The highest BCUT2D eigenvalue weighted by Gasteiger charge is 2.18. The van der Waals surface area contributed by atoms with Gasteiger partial charge in [-0.05, 0) is 18.2 Å². The maximum Gasteiger partial charge on any atom is 0.320 e. The van der Waals surface area contributed by atoms with E-state index in [9.17, 15) is 0 Å². The number of piperazine rings is 1. The Morgan fingerprint density at radius 1 is 0.967 bits per heavy atom. The van der Waals surface area contributed by atoms with Gasteiger partial charge >= 0.3 is 6.01 Å². The van der Waals surface area contributed by atoms with E-state index in [1.165, 1.54) is 5.69 Å². The molecule has 0 atom stereocenters. The van der Waals surface area contributed by atoms with E-state index < -0.39 is 0 Å². The van der Waals surface area contributed by atoms with Gasteiger partial charge in [-0.2, -0.15) is 15.1 Å². The Bertz CT molecular complexity index is 1000. The normalized spacial score (nSPS) is 17.1. The van der Waals surface area contributed by atoms with Crippen LogP contribution in [-0.2, 0) is 4.74 Å². The molecule has 30 heavy (non-hydrogen) atoms. The first-order valence-electron chi connectivity index (χ1n) is 10.0. The molecule has 4 heterocycles. The topological polar surface area (TPSA) is 80.6 Å². The van der Waals surface area contributed by atoms with Crippen molar-refractivity contribution in [3.8, 4) is 11.8 Å². The summed E-state index contributed by atoms with van der Waals surface area (Å²) >= 11 is 0. The molecule has 5 rings (SSSR count). The molecule has 160 valence electrons. The monoisotopic (exact) mass is 431 g/mol. The Balaban J connectivity index is 0.00000218. The molecule has 2 aliphatic rings. The summed E-state index contributed by atoms with van der Waals surface area (Å²) in [5.74, 6) is 1.53. The van der Waals surface area contributed by atoms with Crippen molar-refractivity contribution in [3.05, 3.63) is 30.5 Å². The van der Waals surface area contributed by atoms with Crippen molar-refractivity contribution in [2.24, 2.45) is 0 Å². The van der Waals surface area contributed by atoms with E-state index >= 15 is 0 Å². The molecule has 2 aromatic heterocycles. The van der Waals surface area contributed by atoms with E-state index in [1.54, 1.807) is 7.11 Å². The second-order valence-electron chi connectivity index (χ2n) is 7.21. The number of halogens is 1. The fourth-order valence-electron chi connectivity index (χ4n) is 3.86. The van der Waals surface area contributed by atoms with Gasteiger partial charge < -0.3 is 24.6 Å². The molecule has 9 nitrogen and oxygen atoms in total. The number of nitrogens with zero attached hydrogens (tertiary/aromatic N) is 6. The fourth-order valence-corrected chi connectivity index (χ4v) is 3.86. The molecular weight excluding hydrogens is 406 g/mol. The minimum atomic E-state index is 0. The zero-order valence-electron chi connectivity index (χ0n) is 17.0. The molecule has 0 spiro atoms. The molecule has 0 amide bonds. The Morgan fingerprint density at radius 2 is 1.73 bits per heavy atom. The maximum absolute atomic E-state index is 5.47. The molecule has 0 radical (unpaired) electrons. The number of fused-ring (bicyclic) bond motifs is 1. The van der Waals surface area contributed by atoms with Crippen LogP contribution in [0, 0.1) is 0 Å². The van der Waals surface area contributed by atoms with E-state index in [1.807, 2.05) is 16.9 Å². The van der Waals surface area contributed by atoms with Crippen LogP contribution in [0.25, 0.3) is 16.7 Å². The zero-order chi connectivity index (χ0) is 19.6. The van der Waals surface area contributed by atoms with Crippen LogP contribution < -0.4 is 19.9 Å². The largest absolute Gasteiger partial charge is 0.467 e. The van der Waals surface area contributed by atoms with Crippen molar-refractivity contribution in [1.82, 2.24) is 25.1 Å². The number of hydrogen-bond acceptors (Lipinski definition) is 8. The lowest BCUT2D eigenvalue weighted by molar-refractivity contribution is 0.122. The van der Waals surface area contributed by atoms with E-state index in [4.69, 9.17) is 9.47 Å². The van der Waals surface area contributed by atoms with Crippen molar-refractivity contribution in [3.63, 3.8) is 0 Å². The van der Waals surface area contributed by atoms with Crippen LogP contribution >= 0.6 is 12.4 Å². The van der Waals surface area contributed by atoms with Crippen LogP contribution in [0.15, 0.2) is 30.5 Å². The first-order chi connectivity index (χ1) is 14.3. The van der Waals surface area contributed by atoms with Gasteiger partial charge in [0.05, 0.1) is 32.0 Å². The average molecular weight is 432 g/mol.